The average molecular weight is 469 g/mol. The number of methoxy groups -OCH3 is 1. The Morgan fingerprint density at radius 3 is 2.76 bits per heavy atom. The first-order valence-corrected chi connectivity index (χ1v) is 8.71. The van der Waals surface area contributed by atoms with Crippen molar-refractivity contribution in [1.29, 1.82) is 0 Å². The molecule has 0 unspecified atom stereocenters. The summed E-state index contributed by atoms with van der Waals surface area (Å²) in [5, 5.41) is 14.2. The van der Waals surface area contributed by atoms with Crippen LogP contribution in [-0.2, 0) is 0 Å². The van der Waals surface area contributed by atoms with E-state index in [0.717, 1.165) is 0 Å². The fourth-order valence-electron chi connectivity index (χ4n) is 2.45. The van der Waals surface area contributed by atoms with Crippen molar-refractivity contribution < 1.29 is 9.84 Å². The van der Waals surface area contributed by atoms with Crippen molar-refractivity contribution in [3.63, 3.8) is 0 Å². The molecule has 0 saturated heterocycles. The van der Waals surface area contributed by atoms with E-state index >= 15 is 0 Å². The Morgan fingerprint density at radius 1 is 1.36 bits per heavy atom. The standard InChI is InChI=1S/C18H14ClIN2O3/c1-10-12(7-11-8-14(20)17(23)16(9-11)25-2)18(24)22(21-10)15-6-4-3-5-13(15)19/h3-9,21,23H,1H2,2H3/b12-7-. The van der Waals surface area contributed by atoms with Gasteiger partial charge in [-0.05, 0) is 58.5 Å². The summed E-state index contributed by atoms with van der Waals surface area (Å²) in [6.07, 6.45) is 1.69. The number of para-hydroxylation sites is 1. The second kappa shape index (κ2) is 6.97. The zero-order chi connectivity index (χ0) is 18.1. The maximum atomic E-state index is 12.8. The van der Waals surface area contributed by atoms with Crippen LogP contribution < -0.4 is 20.9 Å². The van der Waals surface area contributed by atoms with Crippen molar-refractivity contribution >= 4 is 46.8 Å². The monoisotopic (exact) mass is 468 g/mol. The minimum atomic E-state index is -0.264. The lowest BCUT2D eigenvalue weighted by atomic mass is 10.1. The van der Waals surface area contributed by atoms with Gasteiger partial charge < -0.3 is 9.84 Å². The molecule has 0 bridgehead atoms. The summed E-state index contributed by atoms with van der Waals surface area (Å²) >= 11 is 8.18. The first-order chi connectivity index (χ1) is 11.9. The Kier molecular flexibility index (Phi) is 4.91. The number of halogens is 2. The molecule has 2 N–H and O–H groups in total. The molecule has 0 radical (unpaired) electrons. The minimum Gasteiger partial charge on any atom is -0.504 e. The lowest BCUT2D eigenvalue weighted by Gasteiger charge is -2.06. The van der Waals surface area contributed by atoms with Crippen molar-refractivity contribution in [2.45, 2.75) is 0 Å². The average Bonchev–Trinajstić information content (AvgIpc) is 2.86. The van der Waals surface area contributed by atoms with Gasteiger partial charge in [0.25, 0.3) is 5.56 Å². The topological polar surface area (TPSA) is 67.2 Å². The molecule has 128 valence electrons. The number of nitrogens with one attached hydrogen (secondary N) is 1. The molecule has 1 aromatic heterocycles. The van der Waals surface area contributed by atoms with Crippen molar-refractivity contribution in [3.05, 3.63) is 71.5 Å². The summed E-state index contributed by atoms with van der Waals surface area (Å²) in [4.78, 5) is 12.8. The van der Waals surface area contributed by atoms with E-state index in [2.05, 4.69) is 11.7 Å². The summed E-state index contributed by atoms with van der Waals surface area (Å²) < 4.78 is 7.14. The number of aromatic nitrogens is 2. The van der Waals surface area contributed by atoms with Gasteiger partial charge in [0.15, 0.2) is 11.5 Å². The van der Waals surface area contributed by atoms with Crippen LogP contribution in [0.25, 0.3) is 18.3 Å². The summed E-state index contributed by atoms with van der Waals surface area (Å²) in [7, 11) is 1.47. The molecule has 0 fully saturated rings. The summed E-state index contributed by atoms with van der Waals surface area (Å²) in [6.45, 7) is 3.90. The molecule has 0 atom stereocenters. The summed E-state index contributed by atoms with van der Waals surface area (Å²) in [5.74, 6) is 0.406. The molecular formula is C18H14ClIN2O3. The number of aromatic hydroxyl groups is 1. The highest BCUT2D eigenvalue weighted by Gasteiger charge is 2.10. The fourth-order valence-corrected chi connectivity index (χ4v) is 3.29. The number of aromatic amines is 1. The van der Waals surface area contributed by atoms with Gasteiger partial charge in [0.05, 0.1) is 32.0 Å². The third-order valence-corrected chi connectivity index (χ3v) is 4.82. The van der Waals surface area contributed by atoms with E-state index in [4.69, 9.17) is 16.3 Å². The molecule has 0 saturated carbocycles. The molecule has 3 aromatic rings. The van der Waals surface area contributed by atoms with Crippen LogP contribution in [0, 0.1) is 3.57 Å². The number of rotatable bonds is 3. The Balaban J connectivity index is 2.22. The third kappa shape index (κ3) is 3.32. The van der Waals surface area contributed by atoms with E-state index in [-0.39, 0.29) is 11.3 Å². The Hall–Kier alpha value is -2.19. The van der Waals surface area contributed by atoms with Gasteiger partial charge in [0, 0.05) is 0 Å². The van der Waals surface area contributed by atoms with Gasteiger partial charge in [0.2, 0.25) is 0 Å². The number of nitrogens with zero attached hydrogens (tertiary/aromatic N) is 1. The van der Waals surface area contributed by atoms with Crippen LogP contribution in [0.2, 0.25) is 5.02 Å². The quantitative estimate of drug-likeness (QED) is 0.580. The first-order valence-electron chi connectivity index (χ1n) is 7.25. The fraction of sp³-hybridized carbons (Fsp3) is 0.0556. The number of ether oxygens (including phenoxy) is 1. The van der Waals surface area contributed by atoms with Crippen LogP contribution in [0.1, 0.15) is 5.56 Å². The molecule has 0 aliphatic carbocycles. The van der Waals surface area contributed by atoms with E-state index in [1.807, 2.05) is 22.6 Å². The van der Waals surface area contributed by atoms with E-state index in [0.29, 0.717) is 36.2 Å². The number of benzene rings is 2. The third-order valence-electron chi connectivity index (χ3n) is 3.68. The van der Waals surface area contributed by atoms with Crippen LogP contribution in [0.5, 0.6) is 11.5 Å². The normalized spacial score (nSPS) is 11.7. The molecule has 5 nitrogen and oxygen atoms in total. The van der Waals surface area contributed by atoms with Crippen molar-refractivity contribution in [2.24, 2.45) is 0 Å². The highest BCUT2D eigenvalue weighted by atomic mass is 127. The van der Waals surface area contributed by atoms with Crippen LogP contribution in [0.3, 0.4) is 0 Å². The Labute approximate surface area is 162 Å². The Morgan fingerprint density at radius 2 is 2.08 bits per heavy atom. The van der Waals surface area contributed by atoms with E-state index in [1.165, 1.54) is 11.8 Å². The summed E-state index contributed by atoms with van der Waals surface area (Å²) in [6, 6.07) is 10.5. The maximum Gasteiger partial charge on any atom is 0.279 e. The van der Waals surface area contributed by atoms with Gasteiger partial charge in [-0.15, -0.1) is 0 Å². The number of phenolic OH excluding ortho intramolecular Hbond substituents is 1. The Bertz CT molecular complexity index is 1120. The number of hydrogen-bond acceptors (Lipinski definition) is 3. The second-order valence-electron chi connectivity index (χ2n) is 5.29. The lowest BCUT2D eigenvalue weighted by molar-refractivity contribution is 0.371. The SMILES string of the molecule is C=c1[nH]n(-c2ccccc2Cl)c(=O)/c1=C\c1cc(I)c(O)c(OC)c1. The van der Waals surface area contributed by atoms with Crippen LogP contribution in [-0.4, -0.2) is 22.0 Å². The van der Waals surface area contributed by atoms with Gasteiger partial charge in [-0.25, -0.2) is 4.68 Å². The predicted molar refractivity (Wildman–Crippen MR) is 107 cm³/mol. The molecule has 25 heavy (non-hydrogen) atoms. The highest BCUT2D eigenvalue weighted by molar-refractivity contribution is 14.1. The van der Waals surface area contributed by atoms with Gasteiger partial charge in [-0.3, -0.25) is 9.89 Å². The number of H-pyrrole nitrogens is 1. The van der Waals surface area contributed by atoms with Crippen molar-refractivity contribution in [2.75, 3.05) is 7.11 Å². The molecule has 0 spiro atoms. The van der Waals surface area contributed by atoms with Crippen LogP contribution in [0.15, 0.2) is 41.2 Å². The molecule has 0 aliphatic rings. The largest absolute Gasteiger partial charge is 0.504 e. The first kappa shape index (κ1) is 17.6. The predicted octanol–water partition coefficient (Wildman–Crippen LogP) is 2.38. The van der Waals surface area contributed by atoms with E-state index in [9.17, 15) is 9.90 Å². The zero-order valence-electron chi connectivity index (χ0n) is 13.2. The van der Waals surface area contributed by atoms with Gasteiger partial charge >= 0.3 is 0 Å². The van der Waals surface area contributed by atoms with Gasteiger partial charge in [-0.2, -0.15) is 0 Å². The van der Waals surface area contributed by atoms with Crippen molar-refractivity contribution in [3.8, 4) is 17.2 Å². The zero-order valence-corrected chi connectivity index (χ0v) is 16.1. The second-order valence-corrected chi connectivity index (χ2v) is 6.86. The van der Waals surface area contributed by atoms with Gasteiger partial charge in [-0.1, -0.05) is 30.3 Å². The van der Waals surface area contributed by atoms with Crippen LogP contribution in [0.4, 0.5) is 0 Å². The minimum absolute atomic E-state index is 0.0673. The maximum absolute atomic E-state index is 12.8. The number of hydrogen-bond donors (Lipinski definition) is 2. The molecule has 3 rings (SSSR count). The van der Waals surface area contributed by atoms with E-state index in [1.54, 1.807) is 42.5 Å². The van der Waals surface area contributed by atoms with Gasteiger partial charge in [0.1, 0.15) is 0 Å². The smallest absolute Gasteiger partial charge is 0.279 e. The molecular weight excluding hydrogens is 455 g/mol. The highest BCUT2D eigenvalue weighted by Crippen LogP contribution is 2.32. The number of phenols is 1. The molecule has 0 amide bonds. The summed E-state index contributed by atoms with van der Waals surface area (Å²) in [5.41, 5.74) is 1.00. The van der Waals surface area contributed by atoms with Crippen molar-refractivity contribution in [1.82, 2.24) is 9.78 Å². The molecule has 2 aromatic carbocycles. The molecule has 0 aliphatic heterocycles. The van der Waals surface area contributed by atoms with Crippen LogP contribution >= 0.6 is 34.2 Å². The lowest BCUT2D eigenvalue weighted by Crippen LogP contribution is -2.34. The van der Waals surface area contributed by atoms with E-state index < -0.39 is 0 Å². The molecule has 7 heteroatoms. The molecule has 1 heterocycles.